The first-order chi connectivity index (χ1) is 18.8. The molecule has 39 heavy (non-hydrogen) atoms. The number of carbonyl (C=O) groups excluding carboxylic acids is 2. The number of hydrogen-bond acceptors (Lipinski definition) is 6. The monoisotopic (exact) mass is 549 g/mol. The van der Waals surface area contributed by atoms with Gasteiger partial charge < -0.3 is 19.7 Å². The summed E-state index contributed by atoms with van der Waals surface area (Å²) in [6.07, 6.45) is 2.75. The van der Waals surface area contributed by atoms with Gasteiger partial charge in [0.2, 0.25) is 10.0 Å². The van der Waals surface area contributed by atoms with E-state index >= 15 is 0 Å². The van der Waals surface area contributed by atoms with Gasteiger partial charge in [-0.3, -0.25) is 9.59 Å². The van der Waals surface area contributed by atoms with Crippen molar-refractivity contribution in [1.29, 1.82) is 0 Å². The third kappa shape index (κ3) is 6.07. The molecule has 0 bridgehead atoms. The van der Waals surface area contributed by atoms with Crippen molar-refractivity contribution in [1.82, 2.24) is 4.31 Å². The fourth-order valence-corrected chi connectivity index (χ4v) is 6.24. The minimum atomic E-state index is -3.56. The normalized spacial score (nSPS) is 15.8. The highest BCUT2D eigenvalue weighted by molar-refractivity contribution is 7.89. The Hall–Kier alpha value is -3.89. The summed E-state index contributed by atoms with van der Waals surface area (Å²) in [6.45, 7) is 3.59. The van der Waals surface area contributed by atoms with Gasteiger partial charge in [-0.1, -0.05) is 18.6 Å². The van der Waals surface area contributed by atoms with Crippen molar-refractivity contribution in [3.8, 4) is 11.5 Å². The lowest BCUT2D eigenvalue weighted by Gasteiger charge is -2.29. The number of benzene rings is 3. The van der Waals surface area contributed by atoms with Gasteiger partial charge in [-0.2, -0.15) is 4.31 Å². The summed E-state index contributed by atoms with van der Waals surface area (Å²) in [5.41, 5.74) is 2.52. The molecule has 2 heterocycles. The average molecular weight is 550 g/mol. The molecule has 0 atom stereocenters. The van der Waals surface area contributed by atoms with E-state index in [-0.39, 0.29) is 23.3 Å². The molecule has 3 aromatic rings. The Kier molecular flexibility index (Phi) is 7.85. The van der Waals surface area contributed by atoms with Gasteiger partial charge in [0.1, 0.15) is 18.1 Å². The molecule has 0 unspecified atom stereocenters. The highest BCUT2D eigenvalue weighted by Gasteiger charge is 2.27. The van der Waals surface area contributed by atoms with Gasteiger partial charge in [0.05, 0.1) is 17.1 Å². The van der Waals surface area contributed by atoms with Crippen LogP contribution in [0.3, 0.4) is 0 Å². The van der Waals surface area contributed by atoms with E-state index in [9.17, 15) is 18.0 Å². The summed E-state index contributed by atoms with van der Waals surface area (Å²) in [7, 11) is -3.56. The third-order valence-corrected chi connectivity index (χ3v) is 8.72. The van der Waals surface area contributed by atoms with Gasteiger partial charge in [0.15, 0.2) is 6.61 Å². The van der Waals surface area contributed by atoms with Crippen molar-refractivity contribution in [3.05, 3.63) is 77.9 Å². The molecule has 9 nitrogen and oxygen atoms in total. The first-order valence-electron chi connectivity index (χ1n) is 13.0. The van der Waals surface area contributed by atoms with Gasteiger partial charge >= 0.3 is 0 Å². The molecule has 1 fully saturated rings. The molecule has 0 radical (unpaired) electrons. The first-order valence-corrected chi connectivity index (χ1v) is 14.4. The summed E-state index contributed by atoms with van der Waals surface area (Å²) in [6, 6.07) is 18.8. The molecule has 0 aromatic heterocycles. The van der Waals surface area contributed by atoms with Crippen LogP contribution in [0.15, 0.2) is 71.6 Å². The standard InChI is InChI=1S/C29H31N3O6S/c1-21-6-5-7-24(18-21)37-17-16-32-26-13-10-23(19-27(26)38-20-28(32)33)30-29(34)22-8-11-25(12-9-22)39(35,36)31-14-3-2-4-15-31/h5-13,18-19H,2-4,14-17,20H2,1H3,(H,30,34). The largest absolute Gasteiger partial charge is 0.492 e. The summed E-state index contributed by atoms with van der Waals surface area (Å²) in [4.78, 5) is 27.2. The molecule has 0 saturated carbocycles. The summed E-state index contributed by atoms with van der Waals surface area (Å²) in [5, 5.41) is 2.82. The van der Waals surface area contributed by atoms with Crippen LogP contribution in [0.2, 0.25) is 0 Å². The van der Waals surface area contributed by atoms with E-state index in [0.29, 0.717) is 48.9 Å². The number of amides is 2. The number of hydrogen-bond donors (Lipinski definition) is 1. The van der Waals surface area contributed by atoms with Crippen LogP contribution in [0.25, 0.3) is 0 Å². The van der Waals surface area contributed by atoms with Crippen LogP contribution in [0.5, 0.6) is 11.5 Å². The summed E-state index contributed by atoms with van der Waals surface area (Å²) in [5.74, 6) is 0.663. The Morgan fingerprint density at radius 3 is 2.51 bits per heavy atom. The van der Waals surface area contributed by atoms with E-state index in [1.165, 1.54) is 28.6 Å². The van der Waals surface area contributed by atoms with Crippen LogP contribution < -0.4 is 19.7 Å². The van der Waals surface area contributed by atoms with Crippen molar-refractivity contribution in [2.75, 3.05) is 43.1 Å². The highest BCUT2D eigenvalue weighted by atomic mass is 32.2. The number of carbonyl (C=O) groups is 2. The topological polar surface area (TPSA) is 105 Å². The number of nitrogens with one attached hydrogen (secondary N) is 1. The minimum Gasteiger partial charge on any atom is -0.492 e. The zero-order chi connectivity index (χ0) is 27.4. The van der Waals surface area contributed by atoms with Crippen molar-refractivity contribution >= 4 is 33.2 Å². The number of anilines is 2. The number of fused-ring (bicyclic) bond motifs is 1. The number of ether oxygens (including phenoxy) is 2. The fourth-order valence-electron chi connectivity index (χ4n) is 4.72. The molecule has 2 aliphatic heterocycles. The zero-order valence-corrected chi connectivity index (χ0v) is 22.6. The Morgan fingerprint density at radius 2 is 1.77 bits per heavy atom. The Balaban J connectivity index is 1.23. The molecule has 2 aliphatic rings. The smallest absolute Gasteiger partial charge is 0.265 e. The molecule has 3 aromatic carbocycles. The lowest BCUT2D eigenvalue weighted by atomic mass is 10.2. The lowest BCUT2D eigenvalue weighted by molar-refractivity contribution is -0.121. The molecule has 0 aliphatic carbocycles. The summed E-state index contributed by atoms with van der Waals surface area (Å²) < 4.78 is 38.7. The van der Waals surface area contributed by atoms with Crippen LogP contribution in [0.1, 0.15) is 35.2 Å². The maximum absolute atomic E-state index is 12.9. The van der Waals surface area contributed by atoms with E-state index in [1.807, 2.05) is 31.2 Å². The number of piperidine rings is 1. The molecule has 1 saturated heterocycles. The first kappa shape index (κ1) is 26.7. The van der Waals surface area contributed by atoms with E-state index < -0.39 is 10.0 Å². The second-order valence-corrected chi connectivity index (χ2v) is 11.6. The Bertz CT molecular complexity index is 1470. The SMILES string of the molecule is Cc1cccc(OCCN2C(=O)COc3cc(NC(=O)c4ccc(S(=O)(=O)N5CCCCC5)cc4)ccc32)c1. The van der Waals surface area contributed by atoms with Crippen LogP contribution in [-0.4, -0.2) is 57.4 Å². The number of aryl methyl sites for hydroxylation is 1. The van der Waals surface area contributed by atoms with E-state index in [1.54, 1.807) is 23.1 Å². The predicted octanol–water partition coefficient (Wildman–Crippen LogP) is 4.23. The molecule has 0 spiro atoms. The maximum atomic E-state index is 12.9. The van der Waals surface area contributed by atoms with Crippen molar-refractivity contribution in [2.24, 2.45) is 0 Å². The fraction of sp³-hybridized carbons (Fsp3) is 0.310. The van der Waals surface area contributed by atoms with Crippen LogP contribution >= 0.6 is 0 Å². The van der Waals surface area contributed by atoms with Gasteiger partial charge in [0.25, 0.3) is 11.8 Å². The van der Waals surface area contributed by atoms with E-state index in [0.717, 1.165) is 30.6 Å². The number of sulfonamides is 1. The van der Waals surface area contributed by atoms with Gasteiger partial charge in [-0.05, 0) is 73.9 Å². The maximum Gasteiger partial charge on any atom is 0.265 e. The number of nitrogens with zero attached hydrogens (tertiary/aromatic N) is 2. The Morgan fingerprint density at radius 1 is 1.00 bits per heavy atom. The lowest BCUT2D eigenvalue weighted by Crippen LogP contribution is -2.41. The van der Waals surface area contributed by atoms with Crippen molar-refractivity contribution in [2.45, 2.75) is 31.1 Å². The van der Waals surface area contributed by atoms with Gasteiger partial charge in [-0.25, -0.2) is 8.42 Å². The summed E-state index contributed by atoms with van der Waals surface area (Å²) >= 11 is 0. The van der Waals surface area contributed by atoms with E-state index in [2.05, 4.69) is 5.32 Å². The second-order valence-electron chi connectivity index (χ2n) is 9.62. The average Bonchev–Trinajstić information content (AvgIpc) is 2.95. The zero-order valence-electron chi connectivity index (χ0n) is 21.8. The molecule has 204 valence electrons. The van der Waals surface area contributed by atoms with Gasteiger partial charge in [0, 0.05) is 30.4 Å². The van der Waals surface area contributed by atoms with Crippen LogP contribution in [-0.2, 0) is 14.8 Å². The molecule has 5 rings (SSSR count). The highest BCUT2D eigenvalue weighted by Crippen LogP contribution is 2.34. The predicted molar refractivity (Wildman–Crippen MR) is 148 cm³/mol. The van der Waals surface area contributed by atoms with Crippen LogP contribution in [0.4, 0.5) is 11.4 Å². The minimum absolute atomic E-state index is 0.109. The molecule has 2 amide bonds. The Labute approximate surface area is 228 Å². The van der Waals surface area contributed by atoms with Crippen molar-refractivity contribution < 1.29 is 27.5 Å². The van der Waals surface area contributed by atoms with Crippen LogP contribution in [0, 0.1) is 6.92 Å². The quantitative estimate of drug-likeness (QED) is 0.451. The number of rotatable bonds is 8. The van der Waals surface area contributed by atoms with Crippen molar-refractivity contribution in [3.63, 3.8) is 0 Å². The molecule has 10 heteroatoms. The van der Waals surface area contributed by atoms with Gasteiger partial charge in [-0.15, -0.1) is 0 Å². The second kappa shape index (κ2) is 11.5. The van der Waals surface area contributed by atoms with E-state index in [4.69, 9.17) is 9.47 Å². The molecular formula is C29H31N3O6S. The molecular weight excluding hydrogens is 518 g/mol. The third-order valence-electron chi connectivity index (χ3n) is 6.80. The molecule has 1 N–H and O–H groups in total.